The number of carbonyl (C=O) groups excluding carboxylic acids is 1. The number of nitrogens with one attached hydrogen (secondary N) is 1. The summed E-state index contributed by atoms with van der Waals surface area (Å²) in [4.78, 5) is 10.6. The van der Waals surface area contributed by atoms with Crippen LogP contribution in [0.3, 0.4) is 0 Å². The molecule has 1 atom stereocenters. The van der Waals surface area contributed by atoms with Gasteiger partial charge in [-0.15, -0.1) is 0 Å². The van der Waals surface area contributed by atoms with E-state index < -0.39 is 6.10 Å². The molecule has 1 aromatic rings. The molecule has 0 aliphatic rings. The Morgan fingerprint density at radius 3 is 2.93 bits per heavy atom. The smallest absolute Gasteiger partial charge is 0.216 e. The molecule has 0 radical (unpaired) electrons. The van der Waals surface area contributed by atoms with Crippen molar-refractivity contribution in [3.63, 3.8) is 0 Å². The van der Waals surface area contributed by atoms with E-state index in [4.69, 9.17) is 0 Å². The van der Waals surface area contributed by atoms with Gasteiger partial charge in [-0.25, -0.2) is 0 Å². The highest BCUT2D eigenvalue weighted by Gasteiger charge is 2.09. The lowest BCUT2D eigenvalue weighted by molar-refractivity contribution is -0.119. The van der Waals surface area contributed by atoms with Gasteiger partial charge in [0.15, 0.2) is 0 Å². The molecule has 1 heterocycles. The number of aliphatic hydroxyl groups is 1. The number of amides is 1. The van der Waals surface area contributed by atoms with Crippen LogP contribution in [0.4, 0.5) is 0 Å². The summed E-state index contributed by atoms with van der Waals surface area (Å²) in [5, 5.41) is 12.4. The number of carbonyl (C=O) groups is 1. The molecular weight excluding hydrogens is 180 g/mol. The normalized spacial score (nSPS) is 12.5. The predicted molar refractivity (Wildman–Crippen MR) is 53.7 cm³/mol. The minimum Gasteiger partial charge on any atom is -0.387 e. The molecule has 0 saturated heterocycles. The lowest BCUT2D eigenvalue weighted by Crippen LogP contribution is -2.22. The standard InChI is InChI=1S/C10H16N2O2/c1-8(13)11-6-5-10(14)9-4-3-7-12(9)2/h3-4,7,10,14H,5-6H2,1-2H3,(H,11,13). The zero-order valence-corrected chi connectivity index (χ0v) is 8.53. The monoisotopic (exact) mass is 196 g/mol. The Morgan fingerprint density at radius 2 is 2.43 bits per heavy atom. The SMILES string of the molecule is CC(=O)NCCC(O)c1cccn1C. The molecule has 0 fully saturated rings. The van der Waals surface area contributed by atoms with Gasteiger partial charge in [0.25, 0.3) is 0 Å². The Hall–Kier alpha value is -1.29. The van der Waals surface area contributed by atoms with Gasteiger partial charge in [0.2, 0.25) is 5.91 Å². The van der Waals surface area contributed by atoms with Crippen LogP contribution in [0.15, 0.2) is 18.3 Å². The van der Waals surface area contributed by atoms with E-state index in [1.807, 2.05) is 29.9 Å². The molecule has 0 bridgehead atoms. The lowest BCUT2D eigenvalue weighted by Gasteiger charge is -2.11. The fraction of sp³-hybridized carbons (Fsp3) is 0.500. The first-order valence-corrected chi connectivity index (χ1v) is 4.65. The second-order valence-corrected chi connectivity index (χ2v) is 3.33. The molecule has 4 nitrogen and oxygen atoms in total. The largest absolute Gasteiger partial charge is 0.387 e. The maximum Gasteiger partial charge on any atom is 0.216 e. The van der Waals surface area contributed by atoms with Gasteiger partial charge in [0.1, 0.15) is 0 Å². The van der Waals surface area contributed by atoms with Gasteiger partial charge < -0.3 is 15.0 Å². The Morgan fingerprint density at radius 1 is 1.71 bits per heavy atom. The predicted octanol–water partition coefficient (Wildman–Crippen LogP) is 0.585. The van der Waals surface area contributed by atoms with Crippen LogP contribution in [0.2, 0.25) is 0 Å². The quantitative estimate of drug-likeness (QED) is 0.740. The molecule has 1 aromatic heterocycles. The van der Waals surface area contributed by atoms with Crippen molar-refractivity contribution in [2.45, 2.75) is 19.4 Å². The van der Waals surface area contributed by atoms with E-state index in [0.717, 1.165) is 5.69 Å². The number of aliphatic hydroxyl groups excluding tert-OH is 1. The van der Waals surface area contributed by atoms with Crippen molar-refractivity contribution in [1.82, 2.24) is 9.88 Å². The summed E-state index contributed by atoms with van der Waals surface area (Å²) in [6.07, 6.45) is 1.91. The topological polar surface area (TPSA) is 54.3 Å². The zero-order valence-electron chi connectivity index (χ0n) is 8.53. The van der Waals surface area contributed by atoms with E-state index in [-0.39, 0.29) is 5.91 Å². The van der Waals surface area contributed by atoms with Gasteiger partial charge in [0, 0.05) is 32.4 Å². The lowest BCUT2D eigenvalue weighted by atomic mass is 10.2. The molecule has 1 rings (SSSR count). The molecule has 0 aliphatic heterocycles. The third-order valence-corrected chi connectivity index (χ3v) is 2.12. The number of hydrogen-bond acceptors (Lipinski definition) is 2. The molecule has 0 aromatic carbocycles. The van der Waals surface area contributed by atoms with Crippen LogP contribution >= 0.6 is 0 Å². The van der Waals surface area contributed by atoms with Crippen molar-refractivity contribution < 1.29 is 9.90 Å². The number of hydrogen-bond donors (Lipinski definition) is 2. The Bertz CT molecular complexity index is 307. The molecule has 2 N–H and O–H groups in total. The average Bonchev–Trinajstić information content (AvgIpc) is 2.50. The minimum atomic E-state index is -0.512. The fourth-order valence-electron chi connectivity index (χ4n) is 1.35. The maximum absolute atomic E-state index is 10.6. The average molecular weight is 196 g/mol. The summed E-state index contributed by atoms with van der Waals surface area (Å²) in [6.45, 7) is 1.97. The zero-order chi connectivity index (χ0) is 10.6. The number of rotatable bonds is 4. The van der Waals surface area contributed by atoms with E-state index in [1.54, 1.807) is 0 Å². The van der Waals surface area contributed by atoms with Crippen molar-refractivity contribution in [1.29, 1.82) is 0 Å². The van der Waals surface area contributed by atoms with Gasteiger partial charge in [-0.05, 0) is 18.6 Å². The van der Waals surface area contributed by atoms with Crippen molar-refractivity contribution in [2.75, 3.05) is 6.54 Å². The number of aryl methyl sites for hydroxylation is 1. The molecule has 1 unspecified atom stereocenters. The van der Waals surface area contributed by atoms with E-state index in [1.165, 1.54) is 6.92 Å². The molecule has 0 saturated carbocycles. The molecule has 78 valence electrons. The van der Waals surface area contributed by atoms with Crippen LogP contribution < -0.4 is 5.32 Å². The first-order chi connectivity index (χ1) is 6.61. The summed E-state index contributed by atoms with van der Waals surface area (Å²) in [7, 11) is 1.89. The summed E-state index contributed by atoms with van der Waals surface area (Å²) in [5.41, 5.74) is 0.871. The van der Waals surface area contributed by atoms with E-state index in [2.05, 4.69) is 5.32 Å². The second kappa shape index (κ2) is 4.81. The van der Waals surface area contributed by atoms with E-state index in [9.17, 15) is 9.90 Å². The molecule has 4 heteroatoms. The molecule has 0 aliphatic carbocycles. The highest BCUT2D eigenvalue weighted by Crippen LogP contribution is 2.15. The fourth-order valence-corrected chi connectivity index (χ4v) is 1.35. The van der Waals surface area contributed by atoms with Crippen molar-refractivity contribution >= 4 is 5.91 Å². The Kier molecular flexibility index (Phi) is 3.71. The van der Waals surface area contributed by atoms with Gasteiger partial charge in [-0.2, -0.15) is 0 Å². The van der Waals surface area contributed by atoms with E-state index >= 15 is 0 Å². The number of aromatic nitrogens is 1. The summed E-state index contributed by atoms with van der Waals surface area (Å²) >= 11 is 0. The maximum atomic E-state index is 10.6. The molecular formula is C10H16N2O2. The van der Waals surface area contributed by atoms with Gasteiger partial charge in [0.05, 0.1) is 6.10 Å². The van der Waals surface area contributed by atoms with Crippen LogP contribution in [-0.4, -0.2) is 22.1 Å². The highest BCUT2D eigenvalue weighted by molar-refractivity contribution is 5.72. The Labute approximate surface area is 83.5 Å². The number of nitrogens with zero attached hydrogens (tertiary/aromatic N) is 1. The summed E-state index contributed by atoms with van der Waals surface area (Å²) < 4.78 is 1.87. The minimum absolute atomic E-state index is 0.0657. The van der Waals surface area contributed by atoms with Crippen molar-refractivity contribution in [3.05, 3.63) is 24.0 Å². The third kappa shape index (κ3) is 2.88. The summed E-state index contributed by atoms with van der Waals surface area (Å²) in [6, 6.07) is 3.76. The van der Waals surface area contributed by atoms with Crippen LogP contribution in [0.1, 0.15) is 25.1 Å². The summed E-state index contributed by atoms with van der Waals surface area (Å²) in [5.74, 6) is -0.0657. The molecule has 14 heavy (non-hydrogen) atoms. The third-order valence-electron chi connectivity index (χ3n) is 2.12. The van der Waals surface area contributed by atoms with Crippen LogP contribution in [0.25, 0.3) is 0 Å². The highest BCUT2D eigenvalue weighted by atomic mass is 16.3. The Balaban J connectivity index is 2.39. The van der Waals surface area contributed by atoms with Crippen molar-refractivity contribution in [2.24, 2.45) is 7.05 Å². The van der Waals surface area contributed by atoms with Crippen LogP contribution in [-0.2, 0) is 11.8 Å². The van der Waals surface area contributed by atoms with Crippen LogP contribution in [0.5, 0.6) is 0 Å². The van der Waals surface area contributed by atoms with Gasteiger partial charge in [-0.1, -0.05) is 0 Å². The van der Waals surface area contributed by atoms with Gasteiger partial charge >= 0.3 is 0 Å². The first-order valence-electron chi connectivity index (χ1n) is 4.65. The van der Waals surface area contributed by atoms with Crippen molar-refractivity contribution in [3.8, 4) is 0 Å². The molecule has 0 spiro atoms. The first kappa shape index (κ1) is 10.8. The van der Waals surface area contributed by atoms with Crippen LogP contribution in [0, 0.1) is 0 Å². The molecule has 1 amide bonds. The second-order valence-electron chi connectivity index (χ2n) is 3.33. The van der Waals surface area contributed by atoms with Gasteiger partial charge in [-0.3, -0.25) is 4.79 Å². The van der Waals surface area contributed by atoms with E-state index in [0.29, 0.717) is 13.0 Å².